The Kier molecular flexibility index (Phi) is 10.2. The van der Waals surface area contributed by atoms with Gasteiger partial charge in [0.25, 0.3) is 5.91 Å². The zero-order chi connectivity index (χ0) is 30.1. The minimum absolute atomic E-state index is 0.0934. The van der Waals surface area contributed by atoms with Crippen LogP contribution in [0, 0.1) is 5.92 Å². The molecule has 3 N–H and O–H groups in total. The predicted octanol–water partition coefficient (Wildman–Crippen LogP) is 3.56. The molecule has 0 aliphatic carbocycles. The molecule has 4 rings (SSSR count). The van der Waals surface area contributed by atoms with Gasteiger partial charge >= 0.3 is 0 Å². The number of epoxide rings is 1. The number of pyridine rings is 1. The first kappa shape index (κ1) is 30.6. The van der Waals surface area contributed by atoms with E-state index >= 15 is 0 Å². The van der Waals surface area contributed by atoms with Crippen molar-refractivity contribution in [3.63, 3.8) is 0 Å². The van der Waals surface area contributed by atoms with Gasteiger partial charge in [-0.1, -0.05) is 74.5 Å². The number of benzene rings is 2. The van der Waals surface area contributed by atoms with Crippen LogP contribution in [0.2, 0.25) is 0 Å². The SMILES string of the molecule is CC(C)C[C@H](NC(=O)CC(NC(=O)[C@H](Cc1ccccc1)NC(=O)c1cccnc1)c1ccccc1)C(=O)[C@@]1(C)CO1. The van der Waals surface area contributed by atoms with E-state index in [1.54, 1.807) is 25.3 Å². The van der Waals surface area contributed by atoms with Crippen LogP contribution < -0.4 is 16.0 Å². The molecule has 2 aromatic carbocycles. The Bertz CT molecular complexity index is 1360. The summed E-state index contributed by atoms with van der Waals surface area (Å²) in [5.74, 6) is -1.21. The molecule has 0 spiro atoms. The van der Waals surface area contributed by atoms with Crippen LogP contribution in [0.3, 0.4) is 0 Å². The van der Waals surface area contributed by atoms with Crippen LogP contribution in [0.1, 0.15) is 61.1 Å². The highest BCUT2D eigenvalue weighted by Crippen LogP contribution is 2.30. The van der Waals surface area contributed by atoms with Crippen molar-refractivity contribution in [2.45, 2.75) is 63.8 Å². The summed E-state index contributed by atoms with van der Waals surface area (Å²) in [6.07, 6.45) is 3.63. The molecule has 1 aromatic heterocycles. The number of aromatic nitrogens is 1. The minimum Gasteiger partial charge on any atom is -0.361 e. The van der Waals surface area contributed by atoms with Crippen molar-refractivity contribution in [3.05, 3.63) is 102 Å². The van der Waals surface area contributed by atoms with E-state index in [4.69, 9.17) is 4.74 Å². The Labute approximate surface area is 246 Å². The Morgan fingerprint density at radius 3 is 2.14 bits per heavy atom. The van der Waals surface area contributed by atoms with Gasteiger partial charge in [-0.15, -0.1) is 0 Å². The van der Waals surface area contributed by atoms with Gasteiger partial charge in [0.15, 0.2) is 5.78 Å². The summed E-state index contributed by atoms with van der Waals surface area (Å²) in [5.41, 5.74) is 1.06. The number of ether oxygens (including phenoxy) is 1. The number of carbonyl (C=O) groups is 4. The molecular formula is C33H38N4O5. The Morgan fingerprint density at radius 2 is 1.55 bits per heavy atom. The Hall–Kier alpha value is -4.37. The maximum atomic E-state index is 13.8. The van der Waals surface area contributed by atoms with Crippen LogP contribution in [0.25, 0.3) is 0 Å². The monoisotopic (exact) mass is 570 g/mol. The summed E-state index contributed by atoms with van der Waals surface area (Å²) >= 11 is 0. The lowest BCUT2D eigenvalue weighted by molar-refractivity contribution is -0.131. The Morgan fingerprint density at radius 1 is 0.881 bits per heavy atom. The summed E-state index contributed by atoms with van der Waals surface area (Å²) in [4.78, 5) is 57.2. The summed E-state index contributed by atoms with van der Waals surface area (Å²) in [5, 5.41) is 8.72. The zero-order valence-electron chi connectivity index (χ0n) is 24.2. The van der Waals surface area contributed by atoms with Crippen molar-refractivity contribution in [1.82, 2.24) is 20.9 Å². The van der Waals surface area contributed by atoms with Crippen LogP contribution in [0.15, 0.2) is 85.2 Å². The lowest BCUT2D eigenvalue weighted by atomic mass is 9.93. The van der Waals surface area contributed by atoms with Gasteiger partial charge in [0.1, 0.15) is 11.6 Å². The molecular weight excluding hydrogens is 532 g/mol. The first-order chi connectivity index (χ1) is 20.1. The smallest absolute Gasteiger partial charge is 0.253 e. The standard InChI is InChI=1S/C33H38N4O5/c1-22(2)17-27(30(39)33(3)21-42-33)35-29(38)19-26(24-13-8-5-9-14-24)36-32(41)28(18-23-11-6-4-7-12-23)37-31(40)25-15-10-16-34-20-25/h4-16,20,22,26-28H,17-19,21H2,1-3H3,(H,35,38)(H,36,41)(H,37,40)/t26?,27-,28-,33+/m0/s1. The summed E-state index contributed by atoms with van der Waals surface area (Å²) in [6.45, 7) is 6.05. The van der Waals surface area contributed by atoms with E-state index in [2.05, 4.69) is 20.9 Å². The van der Waals surface area contributed by atoms with Crippen LogP contribution in [-0.4, -0.2) is 52.8 Å². The average molecular weight is 571 g/mol. The van der Waals surface area contributed by atoms with Gasteiger partial charge in [0.05, 0.1) is 30.7 Å². The number of Topliss-reactive ketones (excluding diaryl/α,β-unsaturated/α-hetero) is 1. The van der Waals surface area contributed by atoms with Crippen molar-refractivity contribution in [1.29, 1.82) is 0 Å². The predicted molar refractivity (Wildman–Crippen MR) is 158 cm³/mol. The van der Waals surface area contributed by atoms with Crippen LogP contribution in [0.4, 0.5) is 0 Å². The number of hydrogen-bond acceptors (Lipinski definition) is 6. The summed E-state index contributed by atoms with van der Waals surface area (Å²) in [6, 6.07) is 19.5. The molecule has 1 aliphatic heterocycles. The zero-order valence-corrected chi connectivity index (χ0v) is 24.2. The number of nitrogens with one attached hydrogen (secondary N) is 3. The maximum absolute atomic E-state index is 13.8. The molecule has 1 saturated heterocycles. The summed E-state index contributed by atoms with van der Waals surface area (Å²) in [7, 11) is 0. The molecule has 1 fully saturated rings. The largest absolute Gasteiger partial charge is 0.361 e. The number of hydrogen-bond donors (Lipinski definition) is 3. The Balaban J connectivity index is 1.52. The molecule has 1 unspecified atom stereocenters. The molecule has 4 atom stereocenters. The van der Waals surface area contributed by atoms with E-state index in [1.165, 1.54) is 6.20 Å². The van der Waals surface area contributed by atoms with E-state index in [9.17, 15) is 19.2 Å². The van der Waals surface area contributed by atoms with Crippen LogP contribution in [-0.2, 0) is 25.5 Å². The normalized spacial score (nSPS) is 17.9. The van der Waals surface area contributed by atoms with Crippen molar-refractivity contribution in [3.8, 4) is 0 Å². The average Bonchev–Trinajstić information content (AvgIpc) is 3.75. The first-order valence-electron chi connectivity index (χ1n) is 14.2. The van der Waals surface area contributed by atoms with Gasteiger partial charge in [-0.3, -0.25) is 24.2 Å². The minimum atomic E-state index is -0.920. The van der Waals surface area contributed by atoms with E-state index in [1.807, 2.05) is 74.5 Å². The van der Waals surface area contributed by atoms with Gasteiger partial charge < -0.3 is 20.7 Å². The fourth-order valence-electron chi connectivity index (χ4n) is 4.77. The van der Waals surface area contributed by atoms with Crippen LogP contribution >= 0.6 is 0 Å². The third-order valence-electron chi connectivity index (χ3n) is 7.19. The third-order valence-corrected chi connectivity index (χ3v) is 7.19. The molecule has 220 valence electrons. The van der Waals surface area contributed by atoms with Crippen molar-refractivity contribution < 1.29 is 23.9 Å². The molecule has 9 nitrogen and oxygen atoms in total. The molecule has 42 heavy (non-hydrogen) atoms. The lowest BCUT2D eigenvalue weighted by Gasteiger charge is -2.26. The second-order valence-electron chi connectivity index (χ2n) is 11.3. The van der Waals surface area contributed by atoms with E-state index in [0.29, 0.717) is 18.6 Å². The molecule has 0 saturated carbocycles. The highest BCUT2D eigenvalue weighted by Gasteiger charge is 2.50. The molecule has 3 aromatic rings. The molecule has 3 amide bonds. The maximum Gasteiger partial charge on any atom is 0.253 e. The summed E-state index contributed by atoms with van der Waals surface area (Å²) < 4.78 is 5.35. The number of carbonyl (C=O) groups excluding carboxylic acids is 4. The quantitative estimate of drug-likeness (QED) is 0.254. The highest BCUT2D eigenvalue weighted by molar-refractivity contribution is 5.98. The van der Waals surface area contributed by atoms with Crippen molar-refractivity contribution >= 4 is 23.5 Å². The number of nitrogens with zero attached hydrogens (tertiary/aromatic N) is 1. The van der Waals surface area contributed by atoms with E-state index in [-0.39, 0.29) is 30.4 Å². The molecule has 1 aliphatic rings. The second kappa shape index (κ2) is 14.0. The van der Waals surface area contributed by atoms with Crippen LogP contribution in [0.5, 0.6) is 0 Å². The van der Waals surface area contributed by atoms with Crippen molar-refractivity contribution in [2.75, 3.05) is 6.61 Å². The lowest BCUT2D eigenvalue weighted by Crippen LogP contribution is -2.50. The molecule has 2 heterocycles. The van der Waals surface area contributed by atoms with Crippen molar-refractivity contribution in [2.24, 2.45) is 5.92 Å². The van der Waals surface area contributed by atoms with Gasteiger partial charge in [-0.05, 0) is 42.5 Å². The number of rotatable bonds is 14. The van der Waals surface area contributed by atoms with E-state index < -0.39 is 35.5 Å². The van der Waals surface area contributed by atoms with Gasteiger partial charge in [-0.2, -0.15) is 0 Å². The third kappa shape index (κ3) is 8.57. The van der Waals surface area contributed by atoms with Gasteiger partial charge in [-0.25, -0.2) is 0 Å². The van der Waals surface area contributed by atoms with Gasteiger partial charge in [0.2, 0.25) is 11.8 Å². The first-order valence-corrected chi connectivity index (χ1v) is 14.2. The number of ketones is 1. The number of amides is 3. The molecule has 0 bridgehead atoms. The highest BCUT2D eigenvalue weighted by atomic mass is 16.6. The second-order valence-corrected chi connectivity index (χ2v) is 11.3. The molecule has 0 radical (unpaired) electrons. The van der Waals surface area contributed by atoms with Gasteiger partial charge in [0, 0.05) is 18.8 Å². The fraction of sp³-hybridized carbons (Fsp3) is 0.364. The van der Waals surface area contributed by atoms with E-state index in [0.717, 1.165) is 11.1 Å². The molecule has 9 heteroatoms. The topological polar surface area (TPSA) is 130 Å². The fourth-order valence-corrected chi connectivity index (χ4v) is 4.77.